The van der Waals surface area contributed by atoms with Gasteiger partial charge in [-0.25, -0.2) is 0 Å². The lowest BCUT2D eigenvalue weighted by Crippen LogP contribution is -2.32. The maximum Gasteiger partial charge on any atom is 0.222 e. The summed E-state index contributed by atoms with van der Waals surface area (Å²) in [6, 6.07) is 3.85. The number of aryl methyl sites for hydroxylation is 3. The highest BCUT2D eigenvalue weighted by Crippen LogP contribution is 2.28. The molecule has 6 nitrogen and oxygen atoms in total. The molecule has 1 fully saturated rings. The van der Waals surface area contributed by atoms with Crippen molar-refractivity contribution in [1.29, 1.82) is 0 Å². The van der Waals surface area contributed by atoms with Gasteiger partial charge < -0.3 is 15.1 Å². The van der Waals surface area contributed by atoms with E-state index in [4.69, 9.17) is 10.2 Å². The number of aromatic nitrogens is 2. The van der Waals surface area contributed by atoms with Crippen LogP contribution in [-0.2, 0) is 18.3 Å². The maximum atomic E-state index is 12.6. The average molecular weight is 330 g/mol. The lowest BCUT2D eigenvalue weighted by atomic mass is 10.0. The largest absolute Gasteiger partial charge is 0.466 e. The fourth-order valence-corrected chi connectivity index (χ4v) is 3.56. The highest BCUT2D eigenvalue weighted by molar-refractivity contribution is 5.77. The average Bonchev–Trinajstić information content (AvgIpc) is 3.18. The zero-order chi connectivity index (χ0) is 17.4. The molecule has 130 valence electrons. The van der Waals surface area contributed by atoms with Crippen LogP contribution in [-0.4, -0.2) is 39.7 Å². The lowest BCUT2D eigenvalue weighted by molar-refractivity contribution is -0.130. The van der Waals surface area contributed by atoms with Crippen LogP contribution in [0.3, 0.4) is 0 Å². The molecule has 0 spiro atoms. The van der Waals surface area contributed by atoms with Gasteiger partial charge in [-0.05, 0) is 44.9 Å². The number of hydrogen-bond donors (Lipinski definition) is 1. The summed E-state index contributed by atoms with van der Waals surface area (Å²) in [5.74, 6) is 2.00. The fraction of sp³-hybridized carbons (Fsp3) is 0.556. The molecule has 2 aromatic rings. The molecule has 2 atom stereocenters. The number of furan rings is 1. The first-order chi connectivity index (χ1) is 11.4. The van der Waals surface area contributed by atoms with Crippen molar-refractivity contribution < 1.29 is 9.21 Å². The zero-order valence-electron chi connectivity index (χ0n) is 14.9. The van der Waals surface area contributed by atoms with Gasteiger partial charge in [-0.15, -0.1) is 0 Å². The second-order valence-electron chi connectivity index (χ2n) is 6.79. The number of hydrogen-bond acceptors (Lipinski definition) is 4. The monoisotopic (exact) mass is 330 g/mol. The van der Waals surface area contributed by atoms with Gasteiger partial charge in [0, 0.05) is 38.3 Å². The van der Waals surface area contributed by atoms with E-state index in [1.807, 2.05) is 49.5 Å². The summed E-state index contributed by atoms with van der Waals surface area (Å²) in [4.78, 5) is 14.5. The number of nitrogens with zero attached hydrogens (tertiary/aromatic N) is 3. The third kappa shape index (κ3) is 3.11. The van der Waals surface area contributed by atoms with Crippen molar-refractivity contribution >= 4 is 5.91 Å². The lowest BCUT2D eigenvalue weighted by Gasteiger charge is -2.16. The number of nitrogens with two attached hydrogens (primary N) is 1. The number of carbonyl (C=O) groups is 1. The van der Waals surface area contributed by atoms with E-state index in [0.717, 1.165) is 29.3 Å². The molecule has 1 aliphatic rings. The van der Waals surface area contributed by atoms with Crippen molar-refractivity contribution in [3.05, 3.63) is 40.6 Å². The Morgan fingerprint density at radius 3 is 2.67 bits per heavy atom. The minimum Gasteiger partial charge on any atom is -0.466 e. The van der Waals surface area contributed by atoms with E-state index >= 15 is 0 Å². The summed E-state index contributed by atoms with van der Waals surface area (Å²) in [6.07, 6.45) is 1.21. The molecule has 0 bridgehead atoms. The Hall–Kier alpha value is -2.08. The molecule has 3 rings (SSSR count). The van der Waals surface area contributed by atoms with Crippen molar-refractivity contribution in [2.45, 2.75) is 45.6 Å². The van der Waals surface area contributed by atoms with E-state index < -0.39 is 0 Å². The zero-order valence-corrected chi connectivity index (χ0v) is 14.9. The van der Waals surface area contributed by atoms with Crippen molar-refractivity contribution in [3.63, 3.8) is 0 Å². The molecule has 2 unspecified atom stereocenters. The van der Waals surface area contributed by atoms with E-state index in [1.54, 1.807) is 0 Å². The third-order valence-corrected chi connectivity index (χ3v) is 5.09. The van der Waals surface area contributed by atoms with Gasteiger partial charge in [0.15, 0.2) is 0 Å². The molecule has 2 aromatic heterocycles. The van der Waals surface area contributed by atoms with Crippen molar-refractivity contribution in [2.75, 3.05) is 13.1 Å². The smallest absolute Gasteiger partial charge is 0.222 e. The second-order valence-corrected chi connectivity index (χ2v) is 6.79. The summed E-state index contributed by atoms with van der Waals surface area (Å²) in [7, 11) is 1.93. The number of carbonyl (C=O) groups excluding carboxylic acids is 1. The van der Waals surface area contributed by atoms with Gasteiger partial charge in [0.2, 0.25) is 5.91 Å². The van der Waals surface area contributed by atoms with Crippen molar-refractivity contribution in [2.24, 2.45) is 12.8 Å². The minimum absolute atomic E-state index is 0.0682. The predicted octanol–water partition coefficient (Wildman–Crippen LogP) is 1.82. The molecule has 0 aliphatic carbocycles. The molecule has 0 saturated carbocycles. The van der Waals surface area contributed by atoms with E-state index in [-0.39, 0.29) is 17.9 Å². The minimum atomic E-state index is -0.0682. The summed E-state index contributed by atoms with van der Waals surface area (Å²) >= 11 is 0. The van der Waals surface area contributed by atoms with Gasteiger partial charge in [0.25, 0.3) is 0 Å². The van der Waals surface area contributed by atoms with Gasteiger partial charge in [-0.1, -0.05) is 0 Å². The van der Waals surface area contributed by atoms with Gasteiger partial charge in [-0.3, -0.25) is 9.48 Å². The normalized spacial score (nSPS) is 20.8. The van der Waals surface area contributed by atoms with Crippen molar-refractivity contribution in [1.82, 2.24) is 14.7 Å². The van der Waals surface area contributed by atoms with Gasteiger partial charge in [-0.2, -0.15) is 5.10 Å². The molecule has 1 amide bonds. The van der Waals surface area contributed by atoms with E-state index in [2.05, 4.69) is 5.10 Å². The second kappa shape index (κ2) is 6.43. The molecule has 2 N–H and O–H groups in total. The molecule has 6 heteroatoms. The summed E-state index contributed by atoms with van der Waals surface area (Å²) < 4.78 is 7.57. The fourth-order valence-electron chi connectivity index (χ4n) is 3.56. The van der Waals surface area contributed by atoms with Crippen LogP contribution in [0.5, 0.6) is 0 Å². The summed E-state index contributed by atoms with van der Waals surface area (Å²) in [6.45, 7) is 7.19. The predicted molar refractivity (Wildman–Crippen MR) is 91.7 cm³/mol. The Bertz CT molecular complexity index is 746. The first-order valence-corrected chi connectivity index (χ1v) is 8.45. The third-order valence-electron chi connectivity index (χ3n) is 5.09. The van der Waals surface area contributed by atoms with E-state index in [0.29, 0.717) is 19.5 Å². The Morgan fingerprint density at radius 1 is 1.33 bits per heavy atom. The van der Waals surface area contributed by atoms with Crippen LogP contribution in [0.15, 0.2) is 16.5 Å². The molecular formula is C18H26N4O2. The molecule has 0 aromatic carbocycles. The number of rotatable bonds is 4. The topological polar surface area (TPSA) is 77.3 Å². The Morgan fingerprint density at radius 2 is 2.08 bits per heavy atom. The summed E-state index contributed by atoms with van der Waals surface area (Å²) in [5.41, 5.74) is 9.55. The van der Waals surface area contributed by atoms with Gasteiger partial charge in [0.1, 0.15) is 11.5 Å². The van der Waals surface area contributed by atoms with E-state index in [9.17, 15) is 4.79 Å². The van der Waals surface area contributed by atoms with Gasteiger partial charge >= 0.3 is 0 Å². The van der Waals surface area contributed by atoms with Crippen LogP contribution >= 0.6 is 0 Å². The quantitative estimate of drug-likeness (QED) is 0.928. The van der Waals surface area contributed by atoms with Crippen LogP contribution in [0.25, 0.3) is 0 Å². The number of likely N-dealkylation sites (tertiary alicyclic amines) is 1. The van der Waals surface area contributed by atoms with Crippen LogP contribution in [0.4, 0.5) is 0 Å². The van der Waals surface area contributed by atoms with Crippen LogP contribution in [0.1, 0.15) is 40.8 Å². The molecule has 1 aliphatic heterocycles. The summed E-state index contributed by atoms with van der Waals surface area (Å²) in [5, 5.41) is 4.41. The maximum absolute atomic E-state index is 12.6. The standard InChI is InChI=1S/C18H26N4O2/c1-11-5-7-17(24-11)15-9-22(10-16(15)19)18(23)8-6-14-12(2)20-21(4)13(14)3/h5,7,15-16H,6,8-10,19H2,1-4H3. The first-order valence-electron chi connectivity index (χ1n) is 8.45. The Kier molecular flexibility index (Phi) is 4.49. The van der Waals surface area contributed by atoms with E-state index in [1.165, 1.54) is 5.56 Å². The first kappa shape index (κ1) is 16.8. The highest BCUT2D eigenvalue weighted by Gasteiger charge is 2.35. The molecule has 1 saturated heterocycles. The number of amides is 1. The Balaban J connectivity index is 1.62. The van der Waals surface area contributed by atoms with Crippen LogP contribution < -0.4 is 5.73 Å². The Labute approximate surface area is 142 Å². The van der Waals surface area contributed by atoms with Crippen molar-refractivity contribution in [3.8, 4) is 0 Å². The molecule has 24 heavy (non-hydrogen) atoms. The van der Waals surface area contributed by atoms with Gasteiger partial charge in [0.05, 0.1) is 11.6 Å². The van der Waals surface area contributed by atoms with Crippen LogP contribution in [0, 0.1) is 20.8 Å². The molecular weight excluding hydrogens is 304 g/mol. The van der Waals surface area contributed by atoms with Crippen LogP contribution in [0.2, 0.25) is 0 Å². The molecule has 0 radical (unpaired) electrons. The highest BCUT2D eigenvalue weighted by atomic mass is 16.3. The SMILES string of the molecule is Cc1ccc(C2CN(C(=O)CCc3c(C)nn(C)c3C)CC2N)o1. The molecule has 3 heterocycles.